The lowest BCUT2D eigenvalue weighted by molar-refractivity contribution is 0.0799. The quantitative estimate of drug-likeness (QED) is 0.801. The van der Waals surface area contributed by atoms with Crippen molar-refractivity contribution in [3.8, 4) is 5.88 Å². The van der Waals surface area contributed by atoms with Crippen LogP contribution in [0, 0.1) is 11.3 Å². The first-order valence-corrected chi connectivity index (χ1v) is 5.25. The molecule has 16 heavy (non-hydrogen) atoms. The molecule has 0 aliphatic carbocycles. The average molecular weight is 225 g/mol. The molecule has 1 atom stereocenters. The number of aliphatic hydroxyl groups excluding tert-OH is 1. The van der Waals surface area contributed by atoms with Crippen molar-refractivity contribution in [2.45, 2.75) is 20.8 Å². The van der Waals surface area contributed by atoms with E-state index < -0.39 is 0 Å². The molecule has 0 bridgehead atoms. The maximum atomic E-state index is 9.26. The van der Waals surface area contributed by atoms with Gasteiger partial charge in [0, 0.05) is 24.8 Å². The maximum absolute atomic E-state index is 9.26. The summed E-state index contributed by atoms with van der Waals surface area (Å²) in [6.07, 6.45) is 1.54. The number of aliphatic hydroxyl groups is 1. The van der Waals surface area contributed by atoms with Crippen LogP contribution >= 0.6 is 0 Å². The van der Waals surface area contributed by atoms with Crippen molar-refractivity contribution in [3.63, 3.8) is 0 Å². The highest BCUT2D eigenvalue weighted by atomic mass is 16.5. The number of nitrogen functional groups attached to an aromatic ring is 1. The molecule has 0 aliphatic rings. The predicted molar refractivity (Wildman–Crippen MR) is 62.0 cm³/mol. The molecule has 0 saturated heterocycles. The molecule has 5 nitrogen and oxygen atoms in total. The Kier molecular flexibility index (Phi) is 4.06. The van der Waals surface area contributed by atoms with Crippen LogP contribution in [0.4, 0.5) is 5.95 Å². The van der Waals surface area contributed by atoms with Gasteiger partial charge in [0.2, 0.25) is 11.8 Å². The zero-order valence-corrected chi connectivity index (χ0v) is 9.97. The van der Waals surface area contributed by atoms with Crippen LogP contribution in [0.3, 0.4) is 0 Å². The van der Waals surface area contributed by atoms with Gasteiger partial charge in [-0.05, 0) is 5.41 Å². The van der Waals surface area contributed by atoms with Gasteiger partial charge in [0.25, 0.3) is 0 Å². The fourth-order valence-corrected chi connectivity index (χ4v) is 1.20. The highest BCUT2D eigenvalue weighted by Gasteiger charge is 2.24. The summed E-state index contributed by atoms with van der Waals surface area (Å²) in [4.78, 5) is 7.70. The second-order valence-corrected chi connectivity index (χ2v) is 4.81. The molecule has 0 radical (unpaired) electrons. The number of hydrogen-bond donors (Lipinski definition) is 2. The molecule has 0 fully saturated rings. The summed E-state index contributed by atoms with van der Waals surface area (Å²) in [6.45, 7) is 6.68. The summed E-state index contributed by atoms with van der Waals surface area (Å²) < 4.78 is 5.48. The number of nitrogens with zero attached hydrogens (tertiary/aromatic N) is 2. The molecule has 0 aromatic carbocycles. The number of aromatic nitrogens is 2. The van der Waals surface area contributed by atoms with Crippen molar-refractivity contribution < 1.29 is 9.84 Å². The van der Waals surface area contributed by atoms with E-state index in [1.807, 2.05) is 0 Å². The second kappa shape index (κ2) is 5.12. The third-order valence-corrected chi connectivity index (χ3v) is 2.53. The van der Waals surface area contributed by atoms with E-state index in [0.29, 0.717) is 12.5 Å². The van der Waals surface area contributed by atoms with Gasteiger partial charge in [-0.25, -0.2) is 4.98 Å². The highest BCUT2D eigenvalue weighted by Crippen LogP contribution is 2.25. The SMILES string of the molecule is CC(C)(C)C(CO)COc1ccnc(N)n1. The zero-order chi connectivity index (χ0) is 12.2. The van der Waals surface area contributed by atoms with Crippen molar-refractivity contribution in [2.24, 2.45) is 11.3 Å². The molecule has 0 saturated carbocycles. The largest absolute Gasteiger partial charge is 0.477 e. The van der Waals surface area contributed by atoms with E-state index in [0.717, 1.165) is 0 Å². The molecule has 3 N–H and O–H groups in total. The molecule has 1 aromatic heterocycles. The van der Waals surface area contributed by atoms with Crippen LogP contribution in [0.25, 0.3) is 0 Å². The number of rotatable bonds is 4. The molecule has 5 heteroatoms. The molecule has 0 amide bonds. The molecule has 1 aromatic rings. The minimum absolute atomic E-state index is 0.00662. The molecular formula is C11H19N3O2. The Labute approximate surface area is 95.7 Å². The Bertz CT molecular complexity index is 336. The lowest BCUT2D eigenvalue weighted by atomic mass is 9.82. The van der Waals surface area contributed by atoms with E-state index in [4.69, 9.17) is 10.5 Å². The summed E-state index contributed by atoms with van der Waals surface area (Å²) in [6, 6.07) is 1.65. The van der Waals surface area contributed by atoms with Gasteiger partial charge in [0.05, 0.1) is 6.61 Å². The Morgan fingerprint density at radius 1 is 1.50 bits per heavy atom. The van der Waals surface area contributed by atoms with Crippen LogP contribution in [-0.2, 0) is 0 Å². The molecule has 1 unspecified atom stereocenters. The van der Waals surface area contributed by atoms with E-state index in [-0.39, 0.29) is 23.9 Å². The van der Waals surface area contributed by atoms with Gasteiger partial charge in [0.15, 0.2) is 0 Å². The van der Waals surface area contributed by atoms with Crippen molar-refractivity contribution in [1.82, 2.24) is 9.97 Å². The van der Waals surface area contributed by atoms with E-state index >= 15 is 0 Å². The predicted octanol–water partition coefficient (Wildman–Crippen LogP) is 1.09. The normalized spacial score (nSPS) is 13.5. The van der Waals surface area contributed by atoms with Crippen LogP contribution in [0.15, 0.2) is 12.3 Å². The topological polar surface area (TPSA) is 81.3 Å². The Balaban J connectivity index is 2.56. The number of hydrogen-bond acceptors (Lipinski definition) is 5. The first kappa shape index (κ1) is 12.7. The highest BCUT2D eigenvalue weighted by molar-refractivity contribution is 5.20. The standard InChI is InChI=1S/C11H19N3O2/c1-11(2,3)8(6-15)7-16-9-4-5-13-10(12)14-9/h4-5,8,15H,6-7H2,1-3H3,(H2,12,13,14). The van der Waals surface area contributed by atoms with Crippen LogP contribution in [0.2, 0.25) is 0 Å². The smallest absolute Gasteiger partial charge is 0.223 e. The van der Waals surface area contributed by atoms with Crippen molar-refractivity contribution in [3.05, 3.63) is 12.3 Å². The average Bonchev–Trinajstić information content (AvgIpc) is 2.16. The number of nitrogens with two attached hydrogens (primary N) is 1. The van der Waals surface area contributed by atoms with Crippen molar-refractivity contribution >= 4 is 5.95 Å². The van der Waals surface area contributed by atoms with Gasteiger partial charge in [-0.3, -0.25) is 0 Å². The van der Waals surface area contributed by atoms with Gasteiger partial charge >= 0.3 is 0 Å². The lowest BCUT2D eigenvalue weighted by Gasteiger charge is -2.28. The summed E-state index contributed by atoms with van der Waals surface area (Å²) >= 11 is 0. The van der Waals surface area contributed by atoms with Crippen LogP contribution in [0.1, 0.15) is 20.8 Å². The van der Waals surface area contributed by atoms with Gasteiger partial charge in [0.1, 0.15) is 0 Å². The number of anilines is 1. The van der Waals surface area contributed by atoms with Crippen LogP contribution < -0.4 is 10.5 Å². The van der Waals surface area contributed by atoms with Gasteiger partial charge in [-0.1, -0.05) is 20.8 Å². The van der Waals surface area contributed by atoms with Crippen LogP contribution in [0.5, 0.6) is 5.88 Å². The summed E-state index contributed by atoms with van der Waals surface area (Å²) in [5.74, 6) is 0.688. The monoisotopic (exact) mass is 225 g/mol. The van der Waals surface area contributed by atoms with Gasteiger partial charge < -0.3 is 15.6 Å². The third-order valence-electron chi connectivity index (χ3n) is 2.53. The lowest BCUT2D eigenvalue weighted by Crippen LogP contribution is -2.29. The summed E-state index contributed by atoms with van der Waals surface area (Å²) in [7, 11) is 0. The molecule has 0 spiro atoms. The second-order valence-electron chi connectivity index (χ2n) is 4.81. The van der Waals surface area contributed by atoms with E-state index in [1.165, 1.54) is 0 Å². The Morgan fingerprint density at radius 2 is 2.19 bits per heavy atom. The summed E-state index contributed by atoms with van der Waals surface area (Å²) in [5, 5.41) is 9.26. The number of ether oxygens (including phenoxy) is 1. The Hall–Kier alpha value is -1.36. The fraction of sp³-hybridized carbons (Fsp3) is 0.636. The first-order chi connectivity index (χ1) is 7.43. The molecular weight excluding hydrogens is 206 g/mol. The van der Waals surface area contributed by atoms with E-state index in [1.54, 1.807) is 12.3 Å². The van der Waals surface area contributed by atoms with Gasteiger partial charge in [-0.15, -0.1) is 0 Å². The fourth-order valence-electron chi connectivity index (χ4n) is 1.20. The zero-order valence-electron chi connectivity index (χ0n) is 9.97. The Morgan fingerprint density at radius 3 is 2.69 bits per heavy atom. The minimum Gasteiger partial charge on any atom is -0.477 e. The maximum Gasteiger partial charge on any atom is 0.223 e. The van der Waals surface area contributed by atoms with Crippen molar-refractivity contribution in [1.29, 1.82) is 0 Å². The van der Waals surface area contributed by atoms with E-state index in [2.05, 4.69) is 30.7 Å². The van der Waals surface area contributed by atoms with Gasteiger partial charge in [-0.2, -0.15) is 4.98 Å². The van der Waals surface area contributed by atoms with Crippen LogP contribution in [-0.4, -0.2) is 28.3 Å². The molecule has 1 heterocycles. The van der Waals surface area contributed by atoms with E-state index in [9.17, 15) is 5.11 Å². The van der Waals surface area contributed by atoms with Crippen molar-refractivity contribution in [2.75, 3.05) is 18.9 Å². The molecule has 90 valence electrons. The first-order valence-electron chi connectivity index (χ1n) is 5.25. The third kappa shape index (κ3) is 3.66. The summed E-state index contributed by atoms with van der Waals surface area (Å²) in [5.41, 5.74) is 5.43. The minimum atomic E-state index is -0.00662. The molecule has 1 rings (SSSR count). The molecule has 0 aliphatic heterocycles.